The normalized spacial score (nSPS) is 14.3. The highest BCUT2D eigenvalue weighted by molar-refractivity contribution is 6.04. The average Bonchev–Trinajstić information content (AvgIpc) is 3.00. The van der Waals surface area contributed by atoms with E-state index in [1.807, 2.05) is 19.9 Å². The highest BCUT2D eigenvalue weighted by Gasteiger charge is 2.30. The van der Waals surface area contributed by atoms with E-state index < -0.39 is 11.7 Å². The molecule has 0 saturated carbocycles. The zero-order valence-electron chi connectivity index (χ0n) is 13.0. The van der Waals surface area contributed by atoms with Gasteiger partial charge in [-0.1, -0.05) is 0 Å². The Morgan fingerprint density at radius 2 is 1.88 bits per heavy atom. The Kier molecular flexibility index (Phi) is 4.15. The number of hydrogen-bond acceptors (Lipinski definition) is 5. The molecule has 0 spiro atoms. The van der Waals surface area contributed by atoms with Crippen LogP contribution in [0.2, 0.25) is 0 Å². The summed E-state index contributed by atoms with van der Waals surface area (Å²) in [5, 5.41) is 3.05. The molecule has 5 nitrogen and oxygen atoms in total. The smallest absolute Gasteiger partial charge is 0.340 e. The molecule has 1 aromatic carbocycles. The SMILES string of the molecule is Cc1cc(C)c(C2=NCON2)c(Nc2ccc(C(F)(F)F)cc2)n1. The minimum absolute atomic E-state index is 0.197. The molecule has 24 heavy (non-hydrogen) atoms. The van der Waals surface area contributed by atoms with Gasteiger partial charge in [-0.2, -0.15) is 13.2 Å². The van der Waals surface area contributed by atoms with E-state index in [-0.39, 0.29) is 6.73 Å². The molecular weight excluding hydrogens is 321 g/mol. The molecule has 1 aliphatic rings. The molecule has 0 bridgehead atoms. The lowest BCUT2D eigenvalue weighted by Crippen LogP contribution is -2.21. The van der Waals surface area contributed by atoms with Gasteiger partial charge in [-0.05, 0) is 49.7 Å². The standard InChI is InChI=1S/C16H15F3N4O/c1-9-7-10(2)21-15(13(9)14-20-8-24-23-14)22-12-5-3-11(4-6-12)16(17,18)19/h3-7H,8H2,1-2H3,(H,20,23)(H,21,22). The van der Waals surface area contributed by atoms with E-state index in [4.69, 9.17) is 4.84 Å². The van der Waals surface area contributed by atoms with E-state index in [0.29, 0.717) is 17.3 Å². The van der Waals surface area contributed by atoms with Crippen molar-refractivity contribution in [3.05, 3.63) is 52.7 Å². The largest absolute Gasteiger partial charge is 0.416 e. The first-order valence-electron chi connectivity index (χ1n) is 7.20. The topological polar surface area (TPSA) is 58.5 Å². The van der Waals surface area contributed by atoms with Crippen molar-refractivity contribution in [3.63, 3.8) is 0 Å². The van der Waals surface area contributed by atoms with Crippen LogP contribution in [0.5, 0.6) is 0 Å². The second-order valence-corrected chi connectivity index (χ2v) is 5.39. The molecule has 126 valence electrons. The summed E-state index contributed by atoms with van der Waals surface area (Å²) in [5.41, 5.74) is 4.94. The molecule has 2 heterocycles. The minimum Gasteiger partial charge on any atom is -0.340 e. The fourth-order valence-electron chi connectivity index (χ4n) is 2.47. The number of alkyl halides is 3. The maximum Gasteiger partial charge on any atom is 0.416 e. The first kappa shape index (κ1) is 16.3. The van der Waals surface area contributed by atoms with E-state index in [9.17, 15) is 13.2 Å². The third-order valence-corrected chi connectivity index (χ3v) is 3.51. The number of nitrogens with one attached hydrogen (secondary N) is 2. The summed E-state index contributed by atoms with van der Waals surface area (Å²) in [6.07, 6.45) is -4.36. The summed E-state index contributed by atoms with van der Waals surface area (Å²) in [5.74, 6) is 1.04. The van der Waals surface area contributed by atoms with Crippen LogP contribution in [0.3, 0.4) is 0 Å². The predicted molar refractivity (Wildman–Crippen MR) is 84.1 cm³/mol. The van der Waals surface area contributed by atoms with Gasteiger partial charge in [-0.15, -0.1) is 0 Å². The van der Waals surface area contributed by atoms with Crippen molar-refractivity contribution in [2.24, 2.45) is 4.99 Å². The third kappa shape index (κ3) is 3.33. The molecule has 2 aromatic rings. The van der Waals surface area contributed by atoms with Gasteiger partial charge >= 0.3 is 6.18 Å². The van der Waals surface area contributed by atoms with Crippen LogP contribution in [-0.2, 0) is 11.0 Å². The Balaban J connectivity index is 1.95. The number of aromatic nitrogens is 1. The molecule has 2 N–H and O–H groups in total. The van der Waals surface area contributed by atoms with E-state index in [1.165, 1.54) is 12.1 Å². The van der Waals surface area contributed by atoms with Gasteiger partial charge in [-0.3, -0.25) is 4.84 Å². The summed E-state index contributed by atoms with van der Waals surface area (Å²) in [4.78, 5) is 13.7. The zero-order chi connectivity index (χ0) is 17.3. The van der Waals surface area contributed by atoms with Gasteiger partial charge in [0.25, 0.3) is 0 Å². The van der Waals surface area contributed by atoms with Crippen molar-refractivity contribution < 1.29 is 18.0 Å². The van der Waals surface area contributed by atoms with Gasteiger partial charge in [0.05, 0.1) is 11.1 Å². The Hall–Kier alpha value is -2.61. The van der Waals surface area contributed by atoms with E-state index in [0.717, 1.165) is 29.0 Å². The van der Waals surface area contributed by atoms with Crippen molar-refractivity contribution >= 4 is 17.3 Å². The Morgan fingerprint density at radius 3 is 2.46 bits per heavy atom. The quantitative estimate of drug-likeness (QED) is 0.897. The first-order chi connectivity index (χ1) is 11.3. The number of benzene rings is 1. The number of hydrogen-bond donors (Lipinski definition) is 2. The van der Waals surface area contributed by atoms with Gasteiger partial charge in [-0.25, -0.2) is 15.5 Å². The van der Waals surface area contributed by atoms with Crippen LogP contribution >= 0.6 is 0 Å². The van der Waals surface area contributed by atoms with E-state index in [2.05, 4.69) is 20.8 Å². The van der Waals surface area contributed by atoms with Gasteiger partial charge < -0.3 is 5.32 Å². The second-order valence-electron chi connectivity index (χ2n) is 5.39. The van der Waals surface area contributed by atoms with Crippen LogP contribution in [-0.4, -0.2) is 17.6 Å². The highest BCUT2D eigenvalue weighted by atomic mass is 19.4. The number of pyridine rings is 1. The molecular formula is C16H15F3N4O. The Bertz CT molecular complexity index is 785. The molecule has 0 saturated heterocycles. The average molecular weight is 336 g/mol. The molecule has 0 aliphatic carbocycles. The van der Waals surface area contributed by atoms with Gasteiger partial charge in [0.2, 0.25) is 0 Å². The van der Waals surface area contributed by atoms with Gasteiger partial charge in [0.15, 0.2) is 12.6 Å². The van der Waals surface area contributed by atoms with Gasteiger partial charge in [0.1, 0.15) is 5.82 Å². The maximum absolute atomic E-state index is 12.7. The minimum atomic E-state index is -4.36. The van der Waals surface area contributed by atoms with Crippen LogP contribution in [0.15, 0.2) is 35.3 Å². The van der Waals surface area contributed by atoms with Crippen molar-refractivity contribution in [1.82, 2.24) is 10.5 Å². The monoisotopic (exact) mass is 336 g/mol. The van der Waals surface area contributed by atoms with Crippen LogP contribution in [0.4, 0.5) is 24.7 Å². The predicted octanol–water partition coefficient (Wildman–Crippen LogP) is 3.70. The van der Waals surface area contributed by atoms with Crippen molar-refractivity contribution in [3.8, 4) is 0 Å². The molecule has 1 aromatic heterocycles. The Labute approximate surface area is 136 Å². The second kappa shape index (κ2) is 6.12. The molecule has 0 fully saturated rings. The van der Waals surface area contributed by atoms with Crippen LogP contribution < -0.4 is 10.8 Å². The number of amidine groups is 1. The van der Waals surface area contributed by atoms with Crippen molar-refractivity contribution in [2.75, 3.05) is 12.0 Å². The number of aryl methyl sites for hydroxylation is 2. The summed E-state index contributed by atoms with van der Waals surface area (Å²) in [7, 11) is 0. The van der Waals surface area contributed by atoms with Crippen molar-refractivity contribution in [2.45, 2.75) is 20.0 Å². The first-order valence-corrected chi connectivity index (χ1v) is 7.20. The molecule has 8 heteroatoms. The molecule has 1 aliphatic heterocycles. The third-order valence-electron chi connectivity index (χ3n) is 3.51. The number of halogens is 3. The maximum atomic E-state index is 12.7. The number of hydroxylamine groups is 1. The van der Waals surface area contributed by atoms with E-state index in [1.54, 1.807) is 0 Å². The highest BCUT2D eigenvalue weighted by Crippen LogP contribution is 2.31. The summed E-state index contributed by atoms with van der Waals surface area (Å²) >= 11 is 0. The number of rotatable bonds is 3. The lowest BCUT2D eigenvalue weighted by molar-refractivity contribution is -0.137. The number of nitrogens with zero attached hydrogens (tertiary/aromatic N) is 2. The molecule has 0 unspecified atom stereocenters. The lowest BCUT2D eigenvalue weighted by atomic mass is 10.1. The van der Waals surface area contributed by atoms with Crippen molar-refractivity contribution in [1.29, 1.82) is 0 Å². The number of aliphatic imine (C=N–C) groups is 1. The molecule has 0 atom stereocenters. The summed E-state index contributed by atoms with van der Waals surface area (Å²) in [6.45, 7) is 3.95. The van der Waals surface area contributed by atoms with Crippen LogP contribution in [0.1, 0.15) is 22.4 Å². The Morgan fingerprint density at radius 1 is 1.17 bits per heavy atom. The fraction of sp³-hybridized carbons (Fsp3) is 0.250. The van der Waals surface area contributed by atoms with Crippen LogP contribution in [0, 0.1) is 13.8 Å². The summed E-state index contributed by atoms with van der Waals surface area (Å²) < 4.78 is 38.0. The fourth-order valence-corrected chi connectivity index (χ4v) is 2.47. The van der Waals surface area contributed by atoms with Gasteiger partial charge in [0, 0.05) is 11.4 Å². The molecule has 3 rings (SSSR count). The lowest BCUT2D eigenvalue weighted by Gasteiger charge is -2.15. The van der Waals surface area contributed by atoms with E-state index >= 15 is 0 Å². The molecule has 0 amide bonds. The zero-order valence-corrected chi connectivity index (χ0v) is 13.0. The van der Waals surface area contributed by atoms with Crippen LogP contribution in [0.25, 0.3) is 0 Å². The molecule has 0 radical (unpaired) electrons. The number of anilines is 2. The summed E-state index contributed by atoms with van der Waals surface area (Å²) in [6, 6.07) is 6.69.